The normalized spacial score (nSPS) is 17.1. The molecular weight excluding hydrogens is 348 g/mol. The van der Waals surface area contributed by atoms with Gasteiger partial charge in [-0.25, -0.2) is 9.88 Å². The number of hydrogen-bond acceptors (Lipinski definition) is 5. The van der Waals surface area contributed by atoms with Crippen molar-refractivity contribution in [2.24, 2.45) is 0 Å². The largest absolute Gasteiger partial charge is 0.274 e. The number of hydrogen-bond donors (Lipinski definition) is 1. The average molecular weight is 364 g/mol. The molecule has 3 aromatic rings. The molecule has 26 heavy (non-hydrogen) atoms. The minimum absolute atomic E-state index is 0.146. The second kappa shape index (κ2) is 6.76. The van der Waals surface area contributed by atoms with Crippen LogP contribution in [-0.4, -0.2) is 32.2 Å². The molecule has 1 aliphatic heterocycles. The number of imide groups is 1. The standard InChI is InChI=1S/C19H16N4O2S/c1-12-7-9-13(10-8-12)17-20-19(22-21-17)26-15-11-16(24)23(18(15)25)14-5-3-2-4-6-14/h2-10,15H,11H2,1H3,(H,20,21,22)/t15-/m0/s1. The first kappa shape index (κ1) is 16.5. The van der Waals surface area contributed by atoms with E-state index in [1.807, 2.05) is 37.3 Å². The molecule has 1 aromatic heterocycles. The van der Waals surface area contributed by atoms with E-state index in [4.69, 9.17) is 0 Å². The molecule has 2 aromatic carbocycles. The van der Waals surface area contributed by atoms with Crippen LogP contribution in [0.5, 0.6) is 0 Å². The van der Waals surface area contributed by atoms with Gasteiger partial charge in [-0.05, 0) is 19.1 Å². The summed E-state index contributed by atoms with van der Waals surface area (Å²) >= 11 is 1.21. The van der Waals surface area contributed by atoms with E-state index in [0.717, 1.165) is 5.56 Å². The maximum absolute atomic E-state index is 12.7. The summed E-state index contributed by atoms with van der Waals surface area (Å²) in [6.45, 7) is 2.02. The van der Waals surface area contributed by atoms with Crippen molar-refractivity contribution in [1.29, 1.82) is 0 Å². The van der Waals surface area contributed by atoms with Crippen molar-refractivity contribution in [2.75, 3.05) is 4.90 Å². The van der Waals surface area contributed by atoms with Gasteiger partial charge in [0.1, 0.15) is 5.25 Å². The van der Waals surface area contributed by atoms with Gasteiger partial charge >= 0.3 is 0 Å². The molecule has 0 spiro atoms. The summed E-state index contributed by atoms with van der Waals surface area (Å²) < 4.78 is 0. The molecule has 130 valence electrons. The molecule has 1 atom stereocenters. The topological polar surface area (TPSA) is 79.0 Å². The lowest BCUT2D eigenvalue weighted by Gasteiger charge is -2.14. The zero-order valence-electron chi connectivity index (χ0n) is 14.0. The van der Waals surface area contributed by atoms with Gasteiger partial charge in [0.2, 0.25) is 17.0 Å². The average Bonchev–Trinajstić information content (AvgIpc) is 3.21. The van der Waals surface area contributed by atoms with Gasteiger partial charge in [-0.15, -0.1) is 5.10 Å². The zero-order chi connectivity index (χ0) is 18.1. The van der Waals surface area contributed by atoms with Gasteiger partial charge in [-0.1, -0.05) is 59.8 Å². The van der Waals surface area contributed by atoms with Gasteiger partial charge in [0.15, 0.2) is 5.82 Å². The van der Waals surface area contributed by atoms with Crippen molar-refractivity contribution in [2.45, 2.75) is 23.8 Å². The predicted octanol–water partition coefficient (Wildman–Crippen LogP) is 3.20. The Balaban J connectivity index is 1.51. The van der Waals surface area contributed by atoms with Crippen molar-refractivity contribution >= 4 is 29.3 Å². The first-order valence-electron chi connectivity index (χ1n) is 8.20. The lowest BCUT2D eigenvalue weighted by atomic mass is 10.1. The van der Waals surface area contributed by atoms with Crippen molar-refractivity contribution < 1.29 is 9.59 Å². The van der Waals surface area contributed by atoms with E-state index in [-0.39, 0.29) is 18.2 Å². The van der Waals surface area contributed by atoms with Gasteiger partial charge in [-0.3, -0.25) is 14.7 Å². The number of H-pyrrole nitrogens is 1. The molecule has 1 fully saturated rings. The third-order valence-electron chi connectivity index (χ3n) is 4.16. The van der Waals surface area contributed by atoms with E-state index in [2.05, 4.69) is 15.2 Å². The maximum atomic E-state index is 12.7. The molecule has 1 N–H and O–H groups in total. The number of aromatic amines is 1. The number of amides is 2. The number of nitrogens with zero attached hydrogens (tertiary/aromatic N) is 3. The Bertz CT molecular complexity index is 953. The quantitative estimate of drug-likeness (QED) is 0.719. The molecule has 2 amide bonds. The SMILES string of the molecule is Cc1ccc(-c2nc(S[C@H]3CC(=O)N(c4ccccc4)C3=O)n[nH]2)cc1. The molecule has 0 bridgehead atoms. The second-order valence-electron chi connectivity index (χ2n) is 6.05. The summed E-state index contributed by atoms with van der Waals surface area (Å²) in [5, 5.41) is 7.02. The van der Waals surface area contributed by atoms with Crippen LogP contribution in [0.4, 0.5) is 5.69 Å². The summed E-state index contributed by atoms with van der Waals surface area (Å²) in [5.41, 5.74) is 2.69. The first-order valence-corrected chi connectivity index (χ1v) is 9.08. The minimum Gasteiger partial charge on any atom is -0.274 e. The summed E-state index contributed by atoms with van der Waals surface area (Å²) in [6, 6.07) is 16.9. The number of nitrogens with one attached hydrogen (secondary N) is 1. The Labute approximate surface area is 154 Å². The Morgan fingerprint density at radius 2 is 1.81 bits per heavy atom. The van der Waals surface area contributed by atoms with Crippen LogP contribution in [-0.2, 0) is 9.59 Å². The second-order valence-corrected chi connectivity index (χ2v) is 7.22. The molecule has 7 heteroatoms. The number of carbonyl (C=O) groups excluding carboxylic acids is 2. The number of carbonyl (C=O) groups is 2. The van der Waals surface area contributed by atoms with E-state index in [0.29, 0.717) is 16.7 Å². The highest BCUT2D eigenvalue weighted by atomic mass is 32.2. The van der Waals surface area contributed by atoms with E-state index < -0.39 is 5.25 Å². The molecule has 2 heterocycles. The Hall–Kier alpha value is -2.93. The van der Waals surface area contributed by atoms with Gasteiger partial charge in [0, 0.05) is 12.0 Å². The summed E-state index contributed by atoms with van der Waals surface area (Å²) in [6.07, 6.45) is 0.146. The highest BCUT2D eigenvalue weighted by Gasteiger charge is 2.40. The predicted molar refractivity (Wildman–Crippen MR) is 99.8 cm³/mol. The van der Waals surface area contributed by atoms with Gasteiger partial charge < -0.3 is 0 Å². The van der Waals surface area contributed by atoms with Gasteiger partial charge in [0.25, 0.3) is 0 Å². The minimum atomic E-state index is -0.510. The van der Waals surface area contributed by atoms with Crippen LogP contribution < -0.4 is 4.90 Å². The van der Waals surface area contributed by atoms with E-state index in [1.54, 1.807) is 24.3 Å². The third kappa shape index (κ3) is 3.13. The molecule has 0 saturated carbocycles. The van der Waals surface area contributed by atoms with Crippen molar-refractivity contribution in [3.63, 3.8) is 0 Å². The number of aryl methyl sites for hydroxylation is 1. The van der Waals surface area contributed by atoms with E-state index in [9.17, 15) is 9.59 Å². The summed E-state index contributed by atoms with van der Waals surface area (Å²) in [4.78, 5) is 30.6. The molecular formula is C19H16N4O2S. The third-order valence-corrected chi connectivity index (χ3v) is 5.20. The van der Waals surface area contributed by atoms with Crippen molar-refractivity contribution in [1.82, 2.24) is 15.2 Å². The van der Waals surface area contributed by atoms with Crippen LogP contribution in [0.15, 0.2) is 59.8 Å². The fraction of sp³-hybridized carbons (Fsp3) is 0.158. The Morgan fingerprint density at radius 1 is 1.08 bits per heavy atom. The zero-order valence-corrected chi connectivity index (χ0v) is 14.9. The fourth-order valence-corrected chi connectivity index (χ4v) is 3.74. The number of para-hydroxylation sites is 1. The molecule has 0 radical (unpaired) electrons. The number of benzene rings is 2. The summed E-state index contributed by atoms with van der Waals surface area (Å²) in [7, 11) is 0. The van der Waals surface area contributed by atoms with Crippen LogP contribution in [0.3, 0.4) is 0 Å². The number of anilines is 1. The van der Waals surface area contributed by atoms with Crippen LogP contribution >= 0.6 is 11.8 Å². The van der Waals surface area contributed by atoms with E-state index >= 15 is 0 Å². The molecule has 1 aliphatic rings. The Kier molecular flexibility index (Phi) is 4.30. The van der Waals surface area contributed by atoms with Gasteiger partial charge in [-0.2, -0.15) is 0 Å². The van der Waals surface area contributed by atoms with Crippen LogP contribution in [0.1, 0.15) is 12.0 Å². The van der Waals surface area contributed by atoms with Crippen LogP contribution in [0, 0.1) is 6.92 Å². The highest BCUT2D eigenvalue weighted by molar-refractivity contribution is 8.00. The van der Waals surface area contributed by atoms with E-state index in [1.165, 1.54) is 22.2 Å². The van der Waals surface area contributed by atoms with Crippen LogP contribution in [0.2, 0.25) is 0 Å². The molecule has 1 saturated heterocycles. The first-order chi connectivity index (χ1) is 12.6. The number of thioether (sulfide) groups is 1. The summed E-state index contributed by atoms with van der Waals surface area (Å²) in [5.74, 6) is 0.213. The lowest BCUT2D eigenvalue weighted by Crippen LogP contribution is -2.31. The van der Waals surface area contributed by atoms with Gasteiger partial charge in [0.05, 0.1) is 5.69 Å². The molecule has 0 unspecified atom stereocenters. The molecule has 6 nitrogen and oxygen atoms in total. The number of rotatable bonds is 4. The Morgan fingerprint density at radius 3 is 2.54 bits per heavy atom. The smallest absolute Gasteiger partial charge is 0.247 e. The fourth-order valence-electron chi connectivity index (χ4n) is 2.81. The van der Waals surface area contributed by atoms with Crippen molar-refractivity contribution in [3.05, 3.63) is 60.2 Å². The maximum Gasteiger partial charge on any atom is 0.247 e. The molecule has 0 aliphatic carbocycles. The van der Waals surface area contributed by atoms with Crippen molar-refractivity contribution in [3.8, 4) is 11.4 Å². The monoisotopic (exact) mass is 364 g/mol. The van der Waals surface area contributed by atoms with Crippen LogP contribution in [0.25, 0.3) is 11.4 Å². The number of aromatic nitrogens is 3. The highest BCUT2D eigenvalue weighted by Crippen LogP contribution is 2.33. The lowest BCUT2D eigenvalue weighted by molar-refractivity contribution is -0.121. The molecule has 4 rings (SSSR count).